The summed E-state index contributed by atoms with van der Waals surface area (Å²) in [5.41, 5.74) is 0.830. The van der Waals surface area contributed by atoms with Gasteiger partial charge in [0.25, 0.3) is 0 Å². The largest absolute Gasteiger partial charge is 0.394 e. The van der Waals surface area contributed by atoms with E-state index in [1.807, 2.05) is 13.8 Å². The number of carbonyl (C=O) groups excluding carboxylic acids is 1. The highest BCUT2D eigenvalue weighted by molar-refractivity contribution is 5.88. The molecular formula is C17H23FN4O2. The van der Waals surface area contributed by atoms with Crippen LogP contribution in [0.3, 0.4) is 0 Å². The van der Waals surface area contributed by atoms with Crippen LogP contribution in [0.25, 0.3) is 5.69 Å². The molecule has 1 unspecified atom stereocenters. The van der Waals surface area contributed by atoms with Gasteiger partial charge in [-0.3, -0.25) is 5.32 Å². The topological polar surface area (TPSA) is 79.2 Å². The Bertz CT molecular complexity index is 699. The number of amides is 2. The van der Waals surface area contributed by atoms with Gasteiger partial charge in [-0.2, -0.15) is 0 Å². The molecule has 24 heavy (non-hydrogen) atoms. The predicted molar refractivity (Wildman–Crippen MR) is 90.8 cm³/mol. The summed E-state index contributed by atoms with van der Waals surface area (Å²) < 4.78 is 14.6. The first kappa shape index (κ1) is 17.9. The fraction of sp³-hybridized carbons (Fsp3) is 0.412. The molecule has 1 aromatic heterocycles. The summed E-state index contributed by atoms with van der Waals surface area (Å²) in [7, 11) is 0. The summed E-state index contributed by atoms with van der Waals surface area (Å²) in [6.07, 6.45) is 1.51. The van der Waals surface area contributed by atoms with Gasteiger partial charge >= 0.3 is 6.03 Å². The van der Waals surface area contributed by atoms with Crippen molar-refractivity contribution in [1.82, 2.24) is 15.1 Å². The van der Waals surface area contributed by atoms with Crippen molar-refractivity contribution in [3.63, 3.8) is 0 Å². The van der Waals surface area contributed by atoms with Crippen LogP contribution in [0.2, 0.25) is 0 Å². The minimum absolute atomic E-state index is 0.142. The molecule has 2 amide bonds. The number of hydrogen-bond donors (Lipinski definition) is 3. The average molecular weight is 334 g/mol. The highest BCUT2D eigenvalue weighted by Crippen LogP contribution is 2.16. The van der Waals surface area contributed by atoms with E-state index >= 15 is 0 Å². The maximum Gasteiger partial charge on any atom is 0.320 e. The molecule has 0 saturated heterocycles. The van der Waals surface area contributed by atoms with Crippen molar-refractivity contribution in [3.05, 3.63) is 41.8 Å². The van der Waals surface area contributed by atoms with Crippen LogP contribution in [0.5, 0.6) is 0 Å². The highest BCUT2D eigenvalue weighted by atomic mass is 19.1. The molecule has 0 bridgehead atoms. The smallest absolute Gasteiger partial charge is 0.320 e. The number of aliphatic hydroxyl groups excluding tert-OH is 1. The first-order valence-electron chi connectivity index (χ1n) is 7.89. The van der Waals surface area contributed by atoms with Crippen LogP contribution in [-0.2, 0) is 0 Å². The van der Waals surface area contributed by atoms with Crippen molar-refractivity contribution >= 4 is 11.8 Å². The van der Waals surface area contributed by atoms with E-state index in [1.165, 1.54) is 12.1 Å². The van der Waals surface area contributed by atoms with Gasteiger partial charge < -0.3 is 10.4 Å². The Hall–Kier alpha value is -2.41. The Morgan fingerprint density at radius 1 is 1.38 bits per heavy atom. The molecule has 2 rings (SSSR count). The monoisotopic (exact) mass is 334 g/mol. The Morgan fingerprint density at radius 3 is 2.62 bits per heavy atom. The zero-order valence-corrected chi connectivity index (χ0v) is 14.1. The molecule has 130 valence electrons. The summed E-state index contributed by atoms with van der Waals surface area (Å²) in [5, 5.41) is 19.2. The van der Waals surface area contributed by atoms with Crippen LogP contribution in [0.4, 0.5) is 15.0 Å². The van der Waals surface area contributed by atoms with E-state index in [0.29, 0.717) is 17.9 Å². The number of anilines is 1. The van der Waals surface area contributed by atoms with Gasteiger partial charge in [-0.25, -0.2) is 13.9 Å². The van der Waals surface area contributed by atoms with Crippen LogP contribution in [0, 0.1) is 12.7 Å². The molecule has 0 fully saturated rings. The van der Waals surface area contributed by atoms with Crippen LogP contribution in [0.1, 0.15) is 32.4 Å². The Kier molecular flexibility index (Phi) is 5.56. The molecule has 0 aliphatic heterocycles. The second-order valence-electron chi connectivity index (χ2n) is 6.11. The fourth-order valence-electron chi connectivity index (χ4n) is 2.53. The molecule has 2 aromatic rings. The number of aromatic nitrogens is 2. The van der Waals surface area contributed by atoms with E-state index in [4.69, 9.17) is 0 Å². The van der Waals surface area contributed by atoms with E-state index in [0.717, 1.165) is 12.1 Å². The summed E-state index contributed by atoms with van der Waals surface area (Å²) in [6, 6.07) is 7.23. The lowest BCUT2D eigenvalue weighted by Crippen LogP contribution is -2.50. The summed E-state index contributed by atoms with van der Waals surface area (Å²) in [6.45, 7) is 5.48. The van der Waals surface area contributed by atoms with E-state index in [9.17, 15) is 14.3 Å². The fourth-order valence-corrected chi connectivity index (χ4v) is 2.53. The predicted octanol–water partition coefficient (Wildman–Crippen LogP) is 2.99. The number of halogens is 1. The number of nitrogens with zero attached hydrogens (tertiary/aromatic N) is 2. The van der Waals surface area contributed by atoms with Gasteiger partial charge in [0.15, 0.2) is 5.82 Å². The number of aryl methyl sites for hydroxylation is 1. The molecule has 6 nitrogen and oxygen atoms in total. The molecule has 0 aliphatic carbocycles. The third kappa shape index (κ3) is 4.32. The van der Waals surface area contributed by atoms with Gasteiger partial charge in [0, 0.05) is 11.8 Å². The number of hydrogen-bond acceptors (Lipinski definition) is 3. The normalized spacial score (nSPS) is 13.4. The Balaban J connectivity index is 2.10. The molecular weight excluding hydrogens is 311 g/mol. The number of aliphatic hydroxyl groups is 1. The van der Waals surface area contributed by atoms with Gasteiger partial charge in [-0.05, 0) is 44.5 Å². The van der Waals surface area contributed by atoms with Crippen molar-refractivity contribution in [2.75, 3.05) is 11.9 Å². The van der Waals surface area contributed by atoms with Crippen LogP contribution in [-0.4, -0.2) is 33.1 Å². The summed E-state index contributed by atoms with van der Waals surface area (Å²) >= 11 is 0. The molecule has 0 aliphatic rings. The lowest BCUT2D eigenvalue weighted by Gasteiger charge is -2.28. The molecule has 1 atom stereocenters. The van der Waals surface area contributed by atoms with E-state index < -0.39 is 11.6 Å². The molecule has 1 heterocycles. The lowest BCUT2D eigenvalue weighted by molar-refractivity contribution is 0.167. The minimum Gasteiger partial charge on any atom is -0.394 e. The van der Waals surface area contributed by atoms with Gasteiger partial charge in [0.1, 0.15) is 5.82 Å². The van der Waals surface area contributed by atoms with Crippen molar-refractivity contribution in [2.24, 2.45) is 0 Å². The molecule has 7 heteroatoms. The number of nitrogens with one attached hydrogen (secondary N) is 2. The van der Waals surface area contributed by atoms with Gasteiger partial charge in [0.05, 0.1) is 17.8 Å². The quantitative estimate of drug-likeness (QED) is 0.760. The molecule has 0 spiro atoms. The van der Waals surface area contributed by atoms with Crippen molar-refractivity contribution in [3.8, 4) is 5.69 Å². The van der Waals surface area contributed by atoms with Gasteiger partial charge in [-0.15, -0.1) is 5.10 Å². The second kappa shape index (κ2) is 7.44. The average Bonchev–Trinajstić information content (AvgIpc) is 2.88. The maximum atomic E-state index is 13.0. The zero-order chi connectivity index (χ0) is 17.7. The third-order valence-electron chi connectivity index (χ3n) is 3.77. The Morgan fingerprint density at radius 2 is 2.04 bits per heavy atom. The maximum absolute atomic E-state index is 13.0. The van der Waals surface area contributed by atoms with Crippen LogP contribution < -0.4 is 10.6 Å². The van der Waals surface area contributed by atoms with Crippen LogP contribution in [0.15, 0.2) is 30.3 Å². The number of urea groups is 1. The second-order valence-corrected chi connectivity index (χ2v) is 6.11. The summed E-state index contributed by atoms with van der Waals surface area (Å²) in [4.78, 5) is 12.1. The zero-order valence-electron chi connectivity index (χ0n) is 14.1. The molecule has 0 saturated carbocycles. The van der Waals surface area contributed by atoms with Gasteiger partial charge in [-0.1, -0.05) is 13.3 Å². The third-order valence-corrected chi connectivity index (χ3v) is 3.77. The summed E-state index contributed by atoms with van der Waals surface area (Å²) in [5.74, 6) is 0.0617. The van der Waals surface area contributed by atoms with Crippen molar-refractivity contribution in [1.29, 1.82) is 0 Å². The van der Waals surface area contributed by atoms with Crippen molar-refractivity contribution in [2.45, 2.75) is 39.2 Å². The molecule has 1 aromatic carbocycles. The number of benzene rings is 1. The SMILES string of the molecule is CCCC(C)(CO)NC(=O)Nc1cc(C)n(-c2ccc(F)cc2)n1. The lowest BCUT2D eigenvalue weighted by atomic mass is 9.98. The standard InChI is InChI=1S/C17H23FN4O2/c1-4-9-17(3,11-23)20-16(24)19-15-10-12(2)22(21-15)14-7-5-13(18)6-8-14/h5-8,10,23H,4,9,11H2,1-3H3,(H2,19,20,21,24). The van der Waals surface area contributed by atoms with E-state index in [-0.39, 0.29) is 12.4 Å². The minimum atomic E-state index is -0.673. The van der Waals surface area contributed by atoms with Gasteiger partial charge in [0.2, 0.25) is 0 Å². The highest BCUT2D eigenvalue weighted by Gasteiger charge is 2.24. The van der Waals surface area contributed by atoms with E-state index in [1.54, 1.807) is 29.8 Å². The number of carbonyl (C=O) groups is 1. The molecule has 0 radical (unpaired) electrons. The van der Waals surface area contributed by atoms with Crippen LogP contribution >= 0.6 is 0 Å². The van der Waals surface area contributed by atoms with E-state index in [2.05, 4.69) is 15.7 Å². The Labute approximate surface area is 140 Å². The van der Waals surface area contributed by atoms with Crippen molar-refractivity contribution < 1.29 is 14.3 Å². The first-order chi connectivity index (χ1) is 11.4. The number of rotatable bonds is 6. The first-order valence-corrected chi connectivity index (χ1v) is 7.89. The molecule has 3 N–H and O–H groups in total.